The van der Waals surface area contributed by atoms with Gasteiger partial charge in [0, 0.05) is 22.5 Å². The number of anilines is 1. The van der Waals surface area contributed by atoms with Gasteiger partial charge in [0.25, 0.3) is 0 Å². The smallest absolute Gasteiger partial charge is 0.232 e. The van der Waals surface area contributed by atoms with Crippen LogP contribution in [0, 0.1) is 5.92 Å². The Morgan fingerprint density at radius 3 is 2.38 bits per heavy atom. The summed E-state index contributed by atoms with van der Waals surface area (Å²) in [5.74, 6) is 0.445. The summed E-state index contributed by atoms with van der Waals surface area (Å²) in [6.45, 7) is 0. The van der Waals surface area contributed by atoms with Crippen LogP contribution in [0.15, 0.2) is 24.3 Å². The van der Waals surface area contributed by atoms with Gasteiger partial charge in [-0.25, -0.2) is 0 Å². The molecule has 0 unspecified atom stereocenters. The second-order valence-electron chi connectivity index (χ2n) is 6.67. The largest absolute Gasteiger partial charge is 0.283 e. The van der Waals surface area contributed by atoms with Crippen LogP contribution in [0.4, 0.5) is 5.13 Å². The minimum atomic E-state index is 0.188. The molecule has 0 saturated heterocycles. The van der Waals surface area contributed by atoms with Gasteiger partial charge in [-0.05, 0) is 37.8 Å². The van der Waals surface area contributed by atoms with Crippen LogP contribution in [-0.2, 0) is 4.79 Å². The standard InChI is InChI=1S/C18H20ClN3OS/c19-14-10-8-12(9-11-14)16-20-21-18(24-16)22(15-6-1-2-7-15)17(23)13-4-3-5-13/h8-11,13,15H,1-7H2. The van der Waals surface area contributed by atoms with E-state index in [0.717, 1.165) is 41.4 Å². The van der Waals surface area contributed by atoms with E-state index in [0.29, 0.717) is 11.1 Å². The van der Waals surface area contributed by atoms with Crippen molar-refractivity contribution in [1.82, 2.24) is 10.2 Å². The second-order valence-corrected chi connectivity index (χ2v) is 8.06. The van der Waals surface area contributed by atoms with Crippen LogP contribution in [0.5, 0.6) is 0 Å². The molecule has 0 radical (unpaired) electrons. The third kappa shape index (κ3) is 3.07. The molecule has 2 aliphatic carbocycles. The van der Waals surface area contributed by atoms with Crippen molar-refractivity contribution in [2.75, 3.05) is 4.90 Å². The Hall–Kier alpha value is -1.46. The van der Waals surface area contributed by atoms with Crippen molar-refractivity contribution in [1.29, 1.82) is 0 Å². The third-order valence-corrected chi connectivity index (χ3v) is 6.32. The summed E-state index contributed by atoms with van der Waals surface area (Å²) in [5, 5.41) is 11.0. The van der Waals surface area contributed by atoms with Crippen molar-refractivity contribution in [2.45, 2.75) is 51.0 Å². The van der Waals surface area contributed by atoms with Gasteiger partial charge in [-0.3, -0.25) is 9.69 Å². The lowest BCUT2D eigenvalue weighted by Gasteiger charge is -2.33. The molecule has 0 atom stereocenters. The first-order valence-corrected chi connectivity index (χ1v) is 9.84. The van der Waals surface area contributed by atoms with E-state index in [1.165, 1.54) is 30.6 Å². The molecule has 1 heterocycles. The van der Waals surface area contributed by atoms with Gasteiger partial charge in [0.15, 0.2) is 0 Å². The molecule has 0 spiro atoms. The Bertz CT molecular complexity index is 720. The number of hydrogen-bond acceptors (Lipinski definition) is 4. The van der Waals surface area contributed by atoms with E-state index >= 15 is 0 Å². The maximum atomic E-state index is 13.0. The number of nitrogens with zero attached hydrogens (tertiary/aromatic N) is 3. The number of benzene rings is 1. The van der Waals surface area contributed by atoms with Crippen molar-refractivity contribution in [3.63, 3.8) is 0 Å². The molecule has 0 bridgehead atoms. The molecule has 1 aromatic heterocycles. The van der Waals surface area contributed by atoms with E-state index < -0.39 is 0 Å². The minimum Gasteiger partial charge on any atom is -0.283 e. The Morgan fingerprint density at radius 2 is 1.75 bits per heavy atom. The van der Waals surface area contributed by atoms with Crippen molar-refractivity contribution in [3.8, 4) is 10.6 Å². The molecule has 24 heavy (non-hydrogen) atoms. The highest BCUT2D eigenvalue weighted by molar-refractivity contribution is 7.18. The predicted molar refractivity (Wildman–Crippen MR) is 97.4 cm³/mol. The lowest BCUT2D eigenvalue weighted by Crippen LogP contribution is -2.44. The van der Waals surface area contributed by atoms with Crippen LogP contribution >= 0.6 is 22.9 Å². The molecule has 0 aliphatic heterocycles. The first kappa shape index (κ1) is 16.0. The maximum absolute atomic E-state index is 13.0. The minimum absolute atomic E-state index is 0.188. The lowest BCUT2D eigenvalue weighted by atomic mass is 9.84. The van der Waals surface area contributed by atoms with Crippen molar-refractivity contribution in [2.24, 2.45) is 5.92 Å². The van der Waals surface area contributed by atoms with Crippen molar-refractivity contribution >= 4 is 34.0 Å². The highest BCUT2D eigenvalue weighted by atomic mass is 35.5. The monoisotopic (exact) mass is 361 g/mol. The predicted octanol–water partition coefficient (Wildman–Crippen LogP) is 4.93. The SMILES string of the molecule is O=C(C1CCC1)N(c1nnc(-c2ccc(Cl)cc2)s1)C1CCCC1. The van der Waals surface area contributed by atoms with Crippen LogP contribution < -0.4 is 4.90 Å². The van der Waals surface area contributed by atoms with Gasteiger partial charge in [0.2, 0.25) is 11.0 Å². The first-order chi connectivity index (χ1) is 11.7. The molecule has 2 aromatic rings. The Labute approximate surface area is 150 Å². The van der Waals surface area contributed by atoms with Gasteiger partial charge < -0.3 is 0 Å². The molecule has 126 valence electrons. The Morgan fingerprint density at radius 1 is 1.04 bits per heavy atom. The Balaban J connectivity index is 1.62. The molecule has 4 nitrogen and oxygen atoms in total. The third-order valence-electron chi connectivity index (χ3n) is 5.09. The summed E-state index contributed by atoms with van der Waals surface area (Å²) in [7, 11) is 0. The van der Waals surface area contributed by atoms with Gasteiger partial charge in [-0.1, -0.05) is 54.3 Å². The van der Waals surface area contributed by atoms with Gasteiger partial charge in [0.1, 0.15) is 5.01 Å². The molecule has 2 aliphatic rings. The van der Waals surface area contributed by atoms with E-state index in [1.54, 1.807) is 0 Å². The van der Waals surface area contributed by atoms with Crippen LogP contribution in [0.3, 0.4) is 0 Å². The number of rotatable bonds is 4. The summed E-state index contributed by atoms with van der Waals surface area (Å²) >= 11 is 7.46. The molecule has 1 amide bonds. The second kappa shape index (κ2) is 6.81. The number of carbonyl (C=O) groups is 1. The van der Waals surface area contributed by atoms with E-state index in [9.17, 15) is 4.79 Å². The number of carbonyl (C=O) groups excluding carboxylic acids is 1. The normalized spacial score (nSPS) is 18.5. The van der Waals surface area contributed by atoms with Crippen LogP contribution in [0.1, 0.15) is 44.9 Å². The average molecular weight is 362 g/mol. The molecule has 4 rings (SSSR count). The molecule has 0 N–H and O–H groups in total. The zero-order valence-corrected chi connectivity index (χ0v) is 15.0. The maximum Gasteiger partial charge on any atom is 0.232 e. The highest BCUT2D eigenvalue weighted by Crippen LogP contribution is 2.37. The average Bonchev–Trinajstić information content (AvgIpc) is 3.19. The van der Waals surface area contributed by atoms with E-state index in [2.05, 4.69) is 10.2 Å². The number of aromatic nitrogens is 2. The zero-order chi connectivity index (χ0) is 16.5. The fourth-order valence-corrected chi connectivity index (χ4v) is 4.52. The summed E-state index contributed by atoms with van der Waals surface area (Å²) in [4.78, 5) is 14.9. The van der Waals surface area contributed by atoms with Gasteiger partial charge in [-0.15, -0.1) is 10.2 Å². The fraction of sp³-hybridized carbons (Fsp3) is 0.500. The van der Waals surface area contributed by atoms with Gasteiger partial charge in [0.05, 0.1) is 0 Å². The Kier molecular flexibility index (Phi) is 4.55. The zero-order valence-electron chi connectivity index (χ0n) is 13.4. The van der Waals surface area contributed by atoms with Crippen molar-refractivity contribution < 1.29 is 4.79 Å². The van der Waals surface area contributed by atoms with E-state index in [1.807, 2.05) is 29.2 Å². The highest BCUT2D eigenvalue weighted by Gasteiger charge is 2.36. The van der Waals surface area contributed by atoms with Crippen molar-refractivity contribution in [3.05, 3.63) is 29.3 Å². The van der Waals surface area contributed by atoms with Gasteiger partial charge >= 0.3 is 0 Å². The number of halogens is 1. The quantitative estimate of drug-likeness (QED) is 0.775. The summed E-state index contributed by atoms with van der Waals surface area (Å²) < 4.78 is 0. The van der Waals surface area contributed by atoms with Crippen LogP contribution in [0.2, 0.25) is 5.02 Å². The van der Waals surface area contributed by atoms with Gasteiger partial charge in [-0.2, -0.15) is 0 Å². The summed E-state index contributed by atoms with van der Waals surface area (Å²) in [6.07, 6.45) is 7.75. The fourth-order valence-electron chi connectivity index (χ4n) is 3.47. The van der Waals surface area contributed by atoms with E-state index in [4.69, 9.17) is 11.6 Å². The number of hydrogen-bond donors (Lipinski definition) is 0. The summed E-state index contributed by atoms with van der Waals surface area (Å²) in [6, 6.07) is 7.89. The first-order valence-electron chi connectivity index (χ1n) is 8.65. The molecule has 1 aromatic carbocycles. The lowest BCUT2D eigenvalue weighted by molar-refractivity contribution is -0.125. The van der Waals surface area contributed by atoms with Crippen LogP contribution in [-0.4, -0.2) is 22.1 Å². The summed E-state index contributed by atoms with van der Waals surface area (Å²) in [5.41, 5.74) is 0.991. The molecule has 2 fully saturated rings. The van der Waals surface area contributed by atoms with E-state index in [-0.39, 0.29) is 11.8 Å². The molecular formula is C18H20ClN3OS. The molecule has 6 heteroatoms. The number of amides is 1. The van der Waals surface area contributed by atoms with Crippen LogP contribution in [0.25, 0.3) is 10.6 Å². The molecular weight excluding hydrogens is 342 g/mol. The molecule has 2 saturated carbocycles. The topological polar surface area (TPSA) is 46.1 Å².